The molecule has 32 heavy (non-hydrogen) atoms. The molecule has 1 amide bonds. The minimum atomic E-state index is -3.88. The molecule has 3 rings (SSSR count). The van der Waals surface area contributed by atoms with Crippen LogP contribution in [0.15, 0.2) is 59.6 Å². The summed E-state index contributed by atoms with van der Waals surface area (Å²) in [6.45, 7) is 5.35. The van der Waals surface area contributed by atoms with Crippen molar-refractivity contribution in [2.75, 3.05) is 6.61 Å². The fraction of sp³-hybridized carbons (Fsp3) is 0.375. The number of H-pyrrole nitrogens is 1. The molecule has 0 radical (unpaired) electrons. The summed E-state index contributed by atoms with van der Waals surface area (Å²) in [5.74, 6) is -0.684. The lowest BCUT2D eigenvalue weighted by atomic mass is 9.98. The van der Waals surface area contributed by atoms with E-state index in [-0.39, 0.29) is 17.4 Å². The van der Waals surface area contributed by atoms with E-state index in [0.29, 0.717) is 12.8 Å². The van der Waals surface area contributed by atoms with Crippen LogP contribution in [0, 0.1) is 12.8 Å². The quantitative estimate of drug-likeness (QED) is 0.375. The van der Waals surface area contributed by atoms with Gasteiger partial charge in [-0.05, 0) is 43.0 Å². The first-order valence-corrected chi connectivity index (χ1v) is 12.3. The van der Waals surface area contributed by atoms with Crippen molar-refractivity contribution in [3.05, 3.63) is 65.9 Å². The highest BCUT2D eigenvalue weighted by molar-refractivity contribution is 7.89. The van der Waals surface area contributed by atoms with E-state index in [2.05, 4.69) is 15.0 Å². The number of aromatic nitrogens is 1. The van der Waals surface area contributed by atoms with Crippen molar-refractivity contribution in [3.8, 4) is 0 Å². The average molecular weight is 458 g/mol. The molecule has 0 saturated heterocycles. The van der Waals surface area contributed by atoms with Gasteiger partial charge in [-0.2, -0.15) is 4.72 Å². The minimum absolute atomic E-state index is 0.113. The average Bonchev–Trinajstić information content (AvgIpc) is 3.19. The monoisotopic (exact) mass is 457 g/mol. The third-order valence-corrected chi connectivity index (χ3v) is 7.27. The number of aliphatic hydroxyl groups is 1. The highest BCUT2D eigenvalue weighted by Gasteiger charge is 2.31. The number of carbonyl (C=O) groups excluding carboxylic acids is 1. The van der Waals surface area contributed by atoms with Crippen LogP contribution in [0.1, 0.15) is 31.4 Å². The molecule has 4 N–H and O–H groups in total. The number of amides is 1. The predicted octanol–water partition coefficient (Wildman–Crippen LogP) is 2.89. The molecular weight excluding hydrogens is 426 g/mol. The predicted molar refractivity (Wildman–Crippen MR) is 126 cm³/mol. The van der Waals surface area contributed by atoms with E-state index < -0.39 is 28.0 Å². The number of carbonyl (C=O) groups is 1. The number of hydrogen-bond donors (Lipinski definition) is 4. The molecule has 0 saturated carbocycles. The number of aryl methyl sites for hydroxylation is 1. The second-order valence-corrected chi connectivity index (χ2v) is 9.96. The summed E-state index contributed by atoms with van der Waals surface area (Å²) in [4.78, 5) is 16.4. The van der Waals surface area contributed by atoms with Gasteiger partial charge in [-0.25, -0.2) is 8.42 Å². The van der Waals surface area contributed by atoms with E-state index in [4.69, 9.17) is 0 Å². The zero-order chi connectivity index (χ0) is 23.3. The summed E-state index contributed by atoms with van der Waals surface area (Å²) in [7, 11) is -3.88. The first-order valence-electron chi connectivity index (χ1n) is 10.8. The molecule has 3 atom stereocenters. The van der Waals surface area contributed by atoms with Crippen LogP contribution in [0.2, 0.25) is 0 Å². The molecule has 3 aromatic rings. The second kappa shape index (κ2) is 10.3. The Labute approximate surface area is 189 Å². The van der Waals surface area contributed by atoms with Crippen LogP contribution in [0.25, 0.3) is 10.9 Å². The maximum absolute atomic E-state index is 13.1. The van der Waals surface area contributed by atoms with Crippen molar-refractivity contribution in [1.29, 1.82) is 0 Å². The Morgan fingerprint density at radius 3 is 2.47 bits per heavy atom. The molecule has 1 heterocycles. The highest BCUT2D eigenvalue weighted by atomic mass is 32.2. The lowest BCUT2D eigenvalue weighted by Crippen LogP contribution is -2.53. The summed E-state index contributed by atoms with van der Waals surface area (Å²) in [6.07, 6.45) is 2.90. The van der Waals surface area contributed by atoms with E-state index in [0.717, 1.165) is 22.0 Å². The zero-order valence-corrected chi connectivity index (χ0v) is 19.4. The van der Waals surface area contributed by atoms with Gasteiger partial charge in [0.25, 0.3) is 0 Å². The van der Waals surface area contributed by atoms with Gasteiger partial charge >= 0.3 is 0 Å². The number of fused-ring (bicyclic) bond motifs is 1. The molecule has 0 bridgehead atoms. The molecule has 2 aromatic carbocycles. The minimum Gasteiger partial charge on any atom is -0.394 e. The zero-order valence-electron chi connectivity index (χ0n) is 18.6. The van der Waals surface area contributed by atoms with Crippen LogP contribution in [0.4, 0.5) is 0 Å². The lowest BCUT2D eigenvalue weighted by Gasteiger charge is -2.26. The van der Waals surface area contributed by atoms with Gasteiger partial charge in [0.1, 0.15) is 6.04 Å². The van der Waals surface area contributed by atoms with Crippen LogP contribution in [0.3, 0.4) is 0 Å². The number of sulfonamides is 1. The van der Waals surface area contributed by atoms with Gasteiger partial charge in [-0.3, -0.25) is 4.79 Å². The smallest absolute Gasteiger partial charge is 0.241 e. The number of aromatic amines is 1. The van der Waals surface area contributed by atoms with Crippen molar-refractivity contribution in [2.45, 2.75) is 50.6 Å². The number of rotatable bonds is 10. The Morgan fingerprint density at radius 1 is 1.12 bits per heavy atom. The van der Waals surface area contributed by atoms with E-state index >= 15 is 0 Å². The molecule has 0 aliphatic heterocycles. The summed E-state index contributed by atoms with van der Waals surface area (Å²) < 4.78 is 28.4. The Bertz CT molecular complexity index is 1160. The number of hydrogen-bond acceptors (Lipinski definition) is 4. The fourth-order valence-corrected chi connectivity index (χ4v) is 4.94. The van der Waals surface area contributed by atoms with Crippen molar-refractivity contribution in [2.24, 2.45) is 5.92 Å². The number of para-hydroxylation sites is 1. The Kier molecular flexibility index (Phi) is 7.71. The van der Waals surface area contributed by atoms with Crippen molar-refractivity contribution < 1.29 is 18.3 Å². The standard InChI is InChI=1S/C24H31N3O4S/c1-4-17(3)23(27-32(30,31)20-11-9-16(2)10-12-20)24(29)26-19(15-28)13-18-14-25-22-8-6-5-7-21(18)22/h5-12,14,17,19,23,25,27-28H,4,13,15H2,1-3H3,(H,26,29)/t17-,19-,23-/m0/s1. The molecule has 7 nitrogen and oxygen atoms in total. The van der Waals surface area contributed by atoms with Gasteiger partial charge in [-0.15, -0.1) is 0 Å². The molecule has 0 unspecified atom stereocenters. The van der Waals surface area contributed by atoms with Crippen LogP contribution < -0.4 is 10.0 Å². The Balaban J connectivity index is 1.76. The third kappa shape index (κ3) is 5.56. The Hall–Kier alpha value is -2.68. The lowest BCUT2D eigenvalue weighted by molar-refractivity contribution is -0.124. The van der Waals surface area contributed by atoms with Crippen molar-refractivity contribution in [3.63, 3.8) is 0 Å². The molecular formula is C24H31N3O4S. The normalized spacial score (nSPS) is 14.8. The van der Waals surface area contributed by atoms with Gasteiger partial charge in [0, 0.05) is 17.1 Å². The molecule has 1 aromatic heterocycles. The summed E-state index contributed by atoms with van der Waals surface area (Å²) in [6, 6.07) is 12.8. The molecule has 0 fully saturated rings. The van der Waals surface area contributed by atoms with Crippen LogP contribution in [-0.2, 0) is 21.2 Å². The SMILES string of the molecule is CC[C@H](C)[C@H](NS(=O)(=O)c1ccc(C)cc1)C(=O)N[C@H](CO)Cc1c[nH]c2ccccc12. The van der Waals surface area contributed by atoms with Crippen LogP contribution >= 0.6 is 0 Å². The van der Waals surface area contributed by atoms with E-state index in [1.807, 2.05) is 51.2 Å². The van der Waals surface area contributed by atoms with Crippen molar-refractivity contribution in [1.82, 2.24) is 15.0 Å². The molecule has 0 aliphatic carbocycles. The third-order valence-electron chi connectivity index (χ3n) is 5.82. The van der Waals surface area contributed by atoms with Gasteiger partial charge < -0.3 is 15.4 Å². The van der Waals surface area contributed by atoms with Crippen LogP contribution in [0.5, 0.6) is 0 Å². The maximum Gasteiger partial charge on any atom is 0.241 e. The summed E-state index contributed by atoms with van der Waals surface area (Å²) in [5, 5.41) is 13.8. The van der Waals surface area contributed by atoms with Gasteiger partial charge in [0.2, 0.25) is 15.9 Å². The molecule has 8 heteroatoms. The van der Waals surface area contributed by atoms with Gasteiger partial charge in [0.15, 0.2) is 0 Å². The first-order chi connectivity index (χ1) is 15.2. The molecule has 0 aliphatic rings. The summed E-state index contributed by atoms with van der Waals surface area (Å²) >= 11 is 0. The Morgan fingerprint density at radius 2 is 1.81 bits per heavy atom. The number of benzene rings is 2. The number of aliphatic hydroxyl groups excluding tert-OH is 1. The van der Waals surface area contributed by atoms with Gasteiger partial charge in [-0.1, -0.05) is 56.2 Å². The second-order valence-electron chi connectivity index (χ2n) is 8.25. The van der Waals surface area contributed by atoms with E-state index in [1.54, 1.807) is 12.1 Å². The van der Waals surface area contributed by atoms with E-state index in [9.17, 15) is 18.3 Å². The maximum atomic E-state index is 13.1. The van der Waals surface area contributed by atoms with E-state index in [1.165, 1.54) is 12.1 Å². The largest absolute Gasteiger partial charge is 0.394 e. The summed E-state index contributed by atoms with van der Waals surface area (Å²) in [5.41, 5.74) is 2.90. The van der Waals surface area contributed by atoms with Crippen LogP contribution in [-0.4, -0.2) is 43.1 Å². The van der Waals surface area contributed by atoms with Gasteiger partial charge in [0.05, 0.1) is 17.5 Å². The van der Waals surface area contributed by atoms with Crippen molar-refractivity contribution >= 4 is 26.8 Å². The number of nitrogens with one attached hydrogen (secondary N) is 3. The molecule has 0 spiro atoms. The topological polar surface area (TPSA) is 111 Å². The molecule has 172 valence electrons. The first kappa shape index (κ1) is 24.0. The highest BCUT2D eigenvalue weighted by Crippen LogP contribution is 2.20. The fourth-order valence-electron chi connectivity index (χ4n) is 3.63.